The van der Waals surface area contributed by atoms with Gasteiger partial charge in [-0.1, -0.05) is 12.1 Å². The molecule has 0 N–H and O–H groups in total. The Morgan fingerprint density at radius 3 is 2.55 bits per heavy atom. The number of likely N-dealkylation sites (tertiary alicyclic amines) is 1. The first-order chi connectivity index (χ1) is 9.26. The van der Waals surface area contributed by atoms with Gasteiger partial charge in [0.05, 0.1) is 11.8 Å². The van der Waals surface area contributed by atoms with Crippen molar-refractivity contribution < 1.29 is 17.6 Å². The maximum atomic E-state index is 12.9. The summed E-state index contributed by atoms with van der Waals surface area (Å²) < 4.78 is 35.0. The molecule has 1 amide bonds. The molecule has 2 rings (SSSR count). The van der Waals surface area contributed by atoms with Crippen LogP contribution in [-0.2, 0) is 13.8 Å². The molecular formula is C13H15ClFNO3S. The molecule has 0 aliphatic carbocycles. The second kappa shape index (κ2) is 5.69. The van der Waals surface area contributed by atoms with Gasteiger partial charge in [0.15, 0.2) is 0 Å². The van der Waals surface area contributed by atoms with Crippen molar-refractivity contribution >= 4 is 25.6 Å². The Kier molecular flexibility index (Phi) is 4.34. The van der Waals surface area contributed by atoms with E-state index in [0.717, 1.165) is 5.56 Å². The van der Waals surface area contributed by atoms with Crippen LogP contribution in [-0.4, -0.2) is 31.5 Å². The summed E-state index contributed by atoms with van der Waals surface area (Å²) in [6.45, 7) is 2.19. The van der Waals surface area contributed by atoms with E-state index in [9.17, 15) is 17.6 Å². The van der Waals surface area contributed by atoms with E-state index >= 15 is 0 Å². The molecule has 0 bridgehead atoms. The van der Waals surface area contributed by atoms with E-state index in [-0.39, 0.29) is 35.9 Å². The average Bonchev–Trinajstić information content (AvgIpc) is 2.67. The van der Waals surface area contributed by atoms with Crippen LogP contribution in [0, 0.1) is 11.7 Å². The lowest BCUT2D eigenvalue weighted by molar-refractivity contribution is -0.129. The lowest BCUT2D eigenvalue weighted by Gasteiger charge is -2.25. The molecule has 110 valence electrons. The molecule has 1 aliphatic heterocycles. The van der Waals surface area contributed by atoms with Crippen LogP contribution in [0.3, 0.4) is 0 Å². The average molecular weight is 320 g/mol. The van der Waals surface area contributed by atoms with Crippen molar-refractivity contribution in [2.75, 3.05) is 12.3 Å². The van der Waals surface area contributed by atoms with Gasteiger partial charge in [0.1, 0.15) is 5.82 Å². The molecule has 4 nitrogen and oxygen atoms in total. The molecule has 1 saturated heterocycles. The van der Waals surface area contributed by atoms with Crippen molar-refractivity contribution in [2.45, 2.75) is 19.4 Å². The molecule has 2 unspecified atom stereocenters. The van der Waals surface area contributed by atoms with Crippen LogP contribution in [0.15, 0.2) is 24.3 Å². The van der Waals surface area contributed by atoms with E-state index in [1.54, 1.807) is 17.0 Å². The maximum absolute atomic E-state index is 12.9. The van der Waals surface area contributed by atoms with Crippen molar-refractivity contribution in [3.8, 4) is 0 Å². The Morgan fingerprint density at radius 2 is 2.00 bits per heavy atom. The predicted octanol–water partition coefficient (Wildman–Crippen LogP) is 2.30. The number of amides is 1. The van der Waals surface area contributed by atoms with E-state index in [4.69, 9.17) is 10.7 Å². The monoisotopic (exact) mass is 319 g/mol. The van der Waals surface area contributed by atoms with Crippen LogP contribution < -0.4 is 0 Å². The number of nitrogens with zero attached hydrogens (tertiary/aromatic N) is 1. The van der Waals surface area contributed by atoms with E-state index < -0.39 is 9.05 Å². The number of hydrogen-bond donors (Lipinski definition) is 0. The van der Waals surface area contributed by atoms with Crippen LogP contribution in [0.5, 0.6) is 0 Å². The number of carbonyl (C=O) groups excluding carboxylic acids is 1. The summed E-state index contributed by atoms with van der Waals surface area (Å²) in [5, 5.41) is 0. The molecule has 20 heavy (non-hydrogen) atoms. The minimum Gasteiger partial charge on any atom is -0.336 e. The number of halogens is 2. The standard InChI is InChI=1S/C13H15ClFNO3S/c1-9(11-2-4-12(15)5-3-11)16-7-10(6-13(16)17)8-20(14,18)19/h2-5,9-10H,6-8H2,1H3. The zero-order valence-corrected chi connectivity index (χ0v) is 12.5. The first kappa shape index (κ1) is 15.3. The van der Waals surface area contributed by atoms with Gasteiger partial charge in [-0.2, -0.15) is 0 Å². The van der Waals surface area contributed by atoms with Crippen LogP contribution in [0.4, 0.5) is 4.39 Å². The quantitative estimate of drug-likeness (QED) is 0.800. The molecular weight excluding hydrogens is 305 g/mol. The highest BCUT2D eigenvalue weighted by molar-refractivity contribution is 8.13. The van der Waals surface area contributed by atoms with E-state index in [1.165, 1.54) is 12.1 Å². The third-order valence-corrected chi connectivity index (χ3v) is 4.74. The number of hydrogen-bond acceptors (Lipinski definition) is 3. The Morgan fingerprint density at radius 1 is 1.40 bits per heavy atom. The zero-order valence-electron chi connectivity index (χ0n) is 10.9. The van der Waals surface area contributed by atoms with Gasteiger partial charge < -0.3 is 4.90 Å². The Balaban J connectivity index is 2.09. The lowest BCUT2D eigenvalue weighted by atomic mass is 10.1. The van der Waals surface area contributed by atoms with Gasteiger partial charge in [0.2, 0.25) is 15.0 Å². The highest BCUT2D eigenvalue weighted by Crippen LogP contribution is 2.29. The molecule has 1 heterocycles. The number of rotatable bonds is 4. The van der Waals surface area contributed by atoms with Gasteiger partial charge in [0, 0.05) is 29.6 Å². The minimum atomic E-state index is -3.61. The Hall–Kier alpha value is -1.14. The van der Waals surface area contributed by atoms with Gasteiger partial charge in [0.25, 0.3) is 0 Å². The van der Waals surface area contributed by atoms with Gasteiger partial charge in [-0.05, 0) is 24.6 Å². The van der Waals surface area contributed by atoms with E-state index in [0.29, 0.717) is 6.54 Å². The third kappa shape index (κ3) is 3.70. The van der Waals surface area contributed by atoms with Gasteiger partial charge in [-0.25, -0.2) is 12.8 Å². The van der Waals surface area contributed by atoms with Crippen LogP contribution >= 0.6 is 10.7 Å². The predicted molar refractivity (Wildman–Crippen MR) is 74.3 cm³/mol. The largest absolute Gasteiger partial charge is 0.336 e. The van der Waals surface area contributed by atoms with Gasteiger partial charge in [-0.3, -0.25) is 4.79 Å². The van der Waals surface area contributed by atoms with Crippen molar-refractivity contribution in [1.29, 1.82) is 0 Å². The maximum Gasteiger partial charge on any atom is 0.232 e. The van der Waals surface area contributed by atoms with Crippen molar-refractivity contribution in [2.24, 2.45) is 5.92 Å². The lowest BCUT2D eigenvalue weighted by Crippen LogP contribution is -2.29. The Bertz CT molecular complexity index is 603. The smallest absolute Gasteiger partial charge is 0.232 e. The first-order valence-electron chi connectivity index (χ1n) is 6.23. The van der Waals surface area contributed by atoms with Crippen molar-refractivity contribution in [3.63, 3.8) is 0 Å². The Labute approximate surface area is 121 Å². The second-order valence-electron chi connectivity index (χ2n) is 5.05. The SMILES string of the molecule is CC(c1ccc(F)cc1)N1CC(CS(=O)(=O)Cl)CC1=O. The van der Waals surface area contributed by atoms with Crippen LogP contribution in [0.1, 0.15) is 24.9 Å². The van der Waals surface area contributed by atoms with Gasteiger partial charge >= 0.3 is 0 Å². The fourth-order valence-electron chi connectivity index (χ4n) is 2.50. The fourth-order valence-corrected chi connectivity index (χ4v) is 3.82. The topological polar surface area (TPSA) is 54.5 Å². The molecule has 2 atom stereocenters. The normalized spacial score (nSPS) is 21.2. The second-order valence-corrected chi connectivity index (χ2v) is 7.87. The summed E-state index contributed by atoms with van der Waals surface area (Å²) in [5.74, 6) is -0.924. The molecule has 0 spiro atoms. The summed E-state index contributed by atoms with van der Waals surface area (Å²) in [6.07, 6.45) is 0.178. The zero-order chi connectivity index (χ0) is 14.9. The molecule has 7 heteroatoms. The molecule has 0 saturated carbocycles. The van der Waals surface area contributed by atoms with E-state index in [1.807, 2.05) is 6.92 Å². The number of benzene rings is 1. The van der Waals surface area contributed by atoms with E-state index in [2.05, 4.69) is 0 Å². The molecule has 0 aromatic heterocycles. The number of carbonyl (C=O) groups is 1. The fraction of sp³-hybridized carbons (Fsp3) is 0.462. The highest BCUT2D eigenvalue weighted by Gasteiger charge is 2.35. The molecule has 1 aliphatic rings. The summed E-state index contributed by atoms with van der Waals surface area (Å²) in [7, 11) is 1.62. The first-order valence-corrected chi connectivity index (χ1v) is 8.71. The summed E-state index contributed by atoms with van der Waals surface area (Å²) in [6, 6.07) is 5.71. The molecule has 1 aromatic rings. The molecule has 1 fully saturated rings. The summed E-state index contributed by atoms with van der Waals surface area (Å²) in [4.78, 5) is 13.6. The van der Waals surface area contributed by atoms with Gasteiger partial charge in [-0.15, -0.1) is 0 Å². The van der Waals surface area contributed by atoms with Crippen LogP contribution in [0.2, 0.25) is 0 Å². The summed E-state index contributed by atoms with van der Waals surface area (Å²) >= 11 is 0. The summed E-state index contributed by atoms with van der Waals surface area (Å²) in [5.41, 5.74) is 0.814. The minimum absolute atomic E-state index is 0.104. The highest BCUT2D eigenvalue weighted by atomic mass is 35.7. The molecule has 0 radical (unpaired) electrons. The molecule has 1 aromatic carbocycles. The van der Waals surface area contributed by atoms with Crippen molar-refractivity contribution in [3.05, 3.63) is 35.6 Å². The van der Waals surface area contributed by atoms with Crippen LogP contribution in [0.25, 0.3) is 0 Å². The third-order valence-electron chi connectivity index (χ3n) is 3.49. The van der Waals surface area contributed by atoms with Crippen molar-refractivity contribution in [1.82, 2.24) is 4.90 Å².